The molecule has 2 aliphatic rings. The maximum atomic E-state index is 13.4. The van der Waals surface area contributed by atoms with Crippen LogP contribution in [0.4, 0.5) is 11.4 Å². The van der Waals surface area contributed by atoms with Gasteiger partial charge < -0.3 is 19.9 Å². The third-order valence-electron chi connectivity index (χ3n) is 6.93. The molecule has 1 N–H and O–H groups in total. The lowest BCUT2D eigenvalue weighted by atomic mass is 9.83. The van der Waals surface area contributed by atoms with E-state index in [-0.39, 0.29) is 17.9 Å². The van der Waals surface area contributed by atoms with Crippen LogP contribution in [0.15, 0.2) is 78.9 Å². The van der Waals surface area contributed by atoms with Crippen molar-refractivity contribution in [2.24, 2.45) is 5.92 Å². The SMILES string of the molecule is COc1cccc(N2CCN3c4ccccc4C[C@H](C(=O)NCCc4ccccc4)[C@@H]3C2)c1. The van der Waals surface area contributed by atoms with Gasteiger partial charge in [-0.2, -0.15) is 0 Å². The fourth-order valence-corrected chi connectivity index (χ4v) is 5.20. The molecule has 1 saturated heterocycles. The Morgan fingerprint density at radius 3 is 2.67 bits per heavy atom. The van der Waals surface area contributed by atoms with Crippen molar-refractivity contribution in [1.29, 1.82) is 0 Å². The molecule has 2 heterocycles. The summed E-state index contributed by atoms with van der Waals surface area (Å²) in [6, 6.07) is 27.2. The van der Waals surface area contributed by atoms with Gasteiger partial charge in [0.15, 0.2) is 0 Å². The topological polar surface area (TPSA) is 44.8 Å². The van der Waals surface area contributed by atoms with E-state index in [4.69, 9.17) is 4.74 Å². The van der Waals surface area contributed by atoms with Crippen LogP contribution in [0, 0.1) is 5.92 Å². The minimum atomic E-state index is -0.0796. The summed E-state index contributed by atoms with van der Waals surface area (Å²) in [7, 11) is 1.70. The predicted octanol–water partition coefficient (Wildman–Crippen LogP) is 3.92. The van der Waals surface area contributed by atoms with Crippen molar-refractivity contribution in [3.05, 3.63) is 90.0 Å². The van der Waals surface area contributed by atoms with E-state index >= 15 is 0 Å². The van der Waals surface area contributed by atoms with Gasteiger partial charge in [0.05, 0.1) is 19.1 Å². The summed E-state index contributed by atoms with van der Waals surface area (Å²) in [5.41, 5.74) is 4.94. The third kappa shape index (κ3) is 4.54. The van der Waals surface area contributed by atoms with Gasteiger partial charge in [0.2, 0.25) is 5.91 Å². The summed E-state index contributed by atoms with van der Waals surface area (Å²) in [6.45, 7) is 3.29. The van der Waals surface area contributed by atoms with Gasteiger partial charge in [-0.1, -0.05) is 54.6 Å². The van der Waals surface area contributed by atoms with Gasteiger partial charge in [0, 0.05) is 43.6 Å². The highest BCUT2D eigenvalue weighted by atomic mass is 16.5. The first-order valence-corrected chi connectivity index (χ1v) is 11.8. The highest BCUT2D eigenvalue weighted by Crippen LogP contribution is 2.37. The van der Waals surface area contributed by atoms with Crippen LogP contribution in [0.1, 0.15) is 11.1 Å². The Bertz CT molecular complexity index is 1100. The first kappa shape index (κ1) is 21.4. The zero-order valence-corrected chi connectivity index (χ0v) is 19.1. The van der Waals surface area contributed by atoms with Gasteiger partial charge >= 0.3 is 0 Å². The number of piperazine rings is 1. The molecule has 0 spiro atoms. The van der Waals surface area contributed by atoms with Gasteiger partial charge in [-0.15, -0.1) is 0 Å². The van der Waals surface area contributed by atoms with Crippen molar-refractivity contribution in [2.75, 3.05) is 43.1 Å². The fraction of sp³-hybridized carbons (Fsp3) is 0.321. The third-order valence-corrected chi connectivity index (χ3v) is 6.93. The standard InChI is InChI=1S/C28H31N3O2/c1-33-24-12-7-11-23(19-24)30-16-17-31-26-13-6-5-10-22(26)18-25(27(31)20-30)28(32)29-15-14-21-8-3-2-4-9-21/h2-13,19,25,27H,14-18,20H2,1H3,(H,29,32)/t25-,27-/m0/s1. The Morgan fingerprint density at radius 1 is 1.00 bits per heavy atom. The number of benzene rings is 3. The van der Waals surface area contributed by atoms with Crippen molar-refractivity contribution < 1.29 is 9.53 Å². The number of carbonyl (C=O) groups excluding carboxylic acids is 1. The van der Waals surface area contributed by atoms with E-state index in [2.05, 4.69) is 63.6 Å². The molecule has 0 aromatic heterocycles. The molecule has 0 radical (unpaired) electrons. The van der Waals surface area contributed by atoms with Gasteiger partial charge in [0.1, 0.15) is 5.75 Å². The fourth-order valence-electron chi connectivity index (χ4n) is 5.20. The number of anilines is 2. The average Bonchev–Trinajstić information content (AvgIpc) is 2.88. The summed E-state index contributed by atoms with van der Waals surface area (Å²) in [5, 5.41) is 3.23. The lowest BCUT2D eigenvalue weighted by molar-refractivity contribution is -0.125. The van der Waals surface area contributed by atoms with Crippen molar-refractivity contribution in [2.45, 2.75) is 18.9 Å². The van der Waals surface area contributed by atoms with Crippen molar-refractivity contribution in [3.63, 3.8) is 0 Å². The second-order valence-corrected chi connectivity index (χ2v) is 8.87. The summed E-state index contributed by atoms with van der Waals surface area (Å²) in [4.78, 5) is 18.3. The molecule has 0 aliphatic carbocycles. The summed E-state index contributed by atoms with van der Waals surface area (Å²) < 4.78 is 5.44. The zero-order chi connectivity index (χ0) is 22.6. The molecule has 2 aliphatic heterocycles. The number of nitrogens with one attached hydrogen (secondary N) is 1. The number of hydrogen-bond acceptors (Lipinski definition) is 4. The number of carbonyl (C=O) groups is 1. The molecule has 5 nitrogen and oxygen atoms in total. The van der Waals surface area contributed by atoms with Crippen molar-refractivity contribution >= 4 is 17.3 Å². The molecule has 1 fully saturated rings. The van der Waals surface area contributed by atoms with E-state index in [9.17, 15) is 4.79 Å². The number of fused-ring (bicyclic) bond motifs is 3. The number of hydrogen-bond donors (Lipinski definition) is 1. The summed E-state index contributed by atoms with van der Waals surface area (Å²) in [5.74, 6) is 0.936. The number of para-hydroxylation sites is 1. The molecule has 3 aromatic rings. The number of ether oxygens (including phenoxy) is 1. The van der Waals surface area contributed by atoms with Crippen LogP contribution in [0.3, 0.4) is 0 Å². The van der Waals surface area contributed by atoms with E-state index in [0.717, 1.165) is 43.9 Å². The van der Waals surface area contributed by atoms with Crippen LogP contribution in [0.5, 0.6) is 5.75 Å². The van der Waals surface area contributed by atoms with E-state index in [1.165, 1.54) is 16.8 Å². The Labute approximate surface area is 196 Å². The molecule has 1 amide bonds. The molecular weight excluding hydrogens is 410 g/mol. The second kappa shape index (κ2) is 9.57. The molecule has 5 rings (SSSR count). The van der Waals surface area contributed by atoms with Gasteiger partial charge in [-0.3, -0.25) is 4.79 Å². The van der Waals surface area contributed by atoms with Gasteiger partial charge in [0.25, 0.3) is 0 Å². The normalized spacial score (nSPS) is 19.4. The summed E-state index contributed by atoms with van der Waals surface area (Å²) >= 11 is 0. The van der Waals surface area contributed by atoms with Crippen LogP contribution >= 0.6 is 0 Å². The van der Waals surface area contributed by atoms with E-state index in [0.29, 0.717) is 6.54 Å². The zero-order valence-electron chi connectivity index (χ0n) is 19.1. The molecule has 0 bridgehead atoms. The largest absolute Gasteiger partial charge is 0.497 e. The Balaban J connectivity index is 1.35. The van der Waals surface area contributed by atoms with Crippen LogP contribution in [-0.4, -0.2) is 45.2 Å². The maximum Gasteiger partial charge on any atom is 0.225 e. The molecule has 0 unspecified atom stereocenters. The minimum Gasteiger partial charge on any atom is -0.497 e. The Morgan fingerprint density at radius 2 is 1.82 bits per heavy atom. The monoisotopic (exact) mass is 441 g/mol. The Hall–Kier alpha value is -3.47. The number of amides is 1. The quantitative estimate of drug-likeness (QED) is 0.630. The highest BCUT2D eigenvalue weighted by molar-refractivity contribution is 5.82. The smallest absolute Gasteiger partial charge is 0.225 e. The molecule has 33 heavy (non-hydrogen) atoms. The molecule has 5 heteroatoms. The first-order chi connectivity index (χ1) is 16.2. The van der Waals surface area contributed by atoms with Crippen molar-refractivity contribution in [3.8, 4) is 5.75 Å². The second-order valence-electron chi connectivity index (χ2n) is 8.87. The number of rotatable bonds is 6. The average molecular weight is 442 g/mol. The van der Waals surface area contributed by atoms with Crippen molar-refractivity contribution in [1.82, 2.24) is 5.32 Å². The molecule has 2 atom stereocenters. The molecular formula is C28H31N3O2. The van der Waals surface area contributed by atoms with Crippen LogP contribution in [0.25, 0.3) is 0 Å². The first-order valence-electron chi connectivity index (χ1n) is 11.8. The Kier molecular flexibility index (Phi) is 6.20. The van der Waals surface area contributed by atoms with Gasteiger partial charge in [-0.05, 0) is 42.2 Å². The lowest BCUT2D eigenvalue weighted by Crippen LogP contribution is -2.61. The molecule has 170 valence electrons. The number of methoxy groups -OCH3 is 1. The van der Waals surface area contributed by atoms with Crippen LogP contribution in [0.2, 0.25) is 0 Å². The van der Waals surface area contributed by atoms with Gasteiger partial charge in [-0.25, -0.2) is 0 Å². The van der Waals surface area contributed by atoms with E-state index in [1.807, 2.05) is 30.3 Å². The molecule has 3 aromatic carbocycles. The highest BCUT2D eigenvalue weighted by Gasteiger charge is 2.41. The van der Waals surface area contributed by atoms with E-state index < -0.39 is 0 Å². The predicted molar refractivity (Wildman–Crippen MR) is 133 cm³/mol. The molecule has 0 saturated carbocycles. The van der Waals surface area contributed by atoms with Crippen LogP contribution in [-0.2, 0) is 17.6 Å². The minimum absolute atomic E-state index is 0.0796. The maximum absolute atomic E-state index is 13.4. The van der Waals surface area contributed by atoms with E-state index in [1.54, 1.807) is 7.11 Å². The lowest BCUT2D eigenvalue weighted by Gasteiger charge is -2.49. The van der Waals surface area contributed by atoms with Crippen LogP contribution < -0.4 is 19.9 Å². The summed E-state index contributed by atoms with van der Waals surface area (Å²) in [6.07, 6.45) is 1.63. The number of nitrogens with zero attached hydrogens (tertiary/aromatic N) is 2.